The van der Waals surface area contributed by atoms with E-state index in [0.29, 0.717) is 6.61 Å². The van der Waals surface area contributed by atoms with Crippen molar-refractivity contribution in [1.82, 2.24) is 0 Å². The topological polar surface area (TPSA) is 43.6 Å². The fourth-order valence-corrected chi connectivity index (χ4v) is 0.682. The van der Waals surface area contributed by atoms with Crippen LogP contribution in [0.3, 0.4) is 0 Å². The van der Waals surface area contributed by atoms with E-state index in [9.17, 15) is 0 Å². The summed E-state index contributed by atoms with van der Waals surface area (Å²) in [5.41, 5.74) is 0. The molecule has 0 unspecified atom stereocenters. The van der Waals surface area contributed by atoms with Gasteiger partial charge in [-0.3, -0.25) is 0 Å². The summed E-state index contributed by atoms with van der Waals surface area (Å²) >= 11 is 0. The molecule has 0 aromatic heterocycles. The molecule has 1 N–H and O–H groups in total. The van der Waals surface area contributed by atoms with Gasteiger partial charge >= 0.3 is 0 Å². The Morgan fingerprint density at radius 3 is 2.78 bits per heavy atom. The van der Waals surface area contributed by atoms with Gasteiger partial charge in [-0.15, -0.1) is 6.54 Å². The van der Waals surface area contributed by atoms with Crippen LogP contribution in [-0.4, -0.2) is 37.5 Å². The first-order valence-corrected chi connectivity index (χ1v) is 2.78. The van der Waals surface area contributed by atoms with Crippen LogP contribution in [0, 0.1) is 0 Å². The van der Waals surface area contributed by atoms with Crippen LogP contribution in [0.2, 0.25) is 0 Å². The van der Waals surface area contributed by atoms with Gasteiger partial charge in [-0.2, -0.15) is 0 Å². The Hall–Kier alpha value is 0.984. The van der Waals surface area contributed by atoms with Gasteiger partial charge in [0.2, 0.25) is 0 Å². The molecule has 0 aromatic rings. The van der Waals surface area contributed by atoms with Gasteiger partial charge in [0.1, 0.15) is 0 Å². The molecular formula is C5H10NO2Y-. The number of rotatable bonds is 1. The van der Waals surface area contributed by atoms with E-state index in [2.05, 4.69) is 5.32 Å². The zero-order valence-electron chi connectivity index (χ0n) is 5.29. The predicted molar refractivity (Wildman–Crippen MR) is 29.9 cm³/mol. The van der Waals surface area contributed by atoms with Crippen LogP contribution < -0.4 is 0 Å². The monoisotopic (exact) mass is 205 g/mol. The van der Waals surface area contributed by atoms with Crippen molar-refractivity contribution in [1.29, 1.82) is 0 Å². The maximum atomic E-state index is 8.52. The SMILES string of the molecule is OC[C@@H]1COCC[N-]1.[Y]. The van der Waals surface area contributed by atoms with Gasteiger partial charge in [0.15, 0.2) is 0 Å². The molecule has 0 aromatic carbocycles. The van der Waals surface area contributed by atoms with Gasteiger partial charge < -0.3 is 15.2 Å². The molecule has 1 aliphatic rings. The van der Waals surface area contributed by atoms with Crippen molar-refractivity contribution in [2.45, 2.75) is 6.04 Å². The summed E-state index contributed by atoms with van der Waals surface area (Å²) in [6.07, 6.45) is 0. The molecule has 4 heteroatoms. The zero-order chi connectivity index (χ0) is 5.82. The van der Waals surface area contributed by atoms with Crippen molar-refractivity contribution in [3.63, 3.8) is 0 Å². The molecule has 1 rings (SSSR count). The second kappa shape index (κ2) is 5.75. The fourth-order valence-electron chi connectivity index (χ4n) is 0.682. The van der Waals surface area contributed by atoms with Crippen molar-refractivity contribution in [3.8, 4) is 0 Å². The Kier molecular flexibility index (Phi) is 6.37. The fraction of sp³-hybridized carbons (Fsp3) is 1.00. The van der Waals surface area contributed by atoms with E-state index in [1.54, 1.807) is 0 Å². The van der Waals surface area contributed by atoms with Crippen molar-refractivity contribution >= 4 is 0 Å². The van der Waals surface area contributed by atoms with Gasteiger partial charge in [-0.05, 0) is 0 Å². The van der Waals surface area contributed by atoms with Crippen molar-refractivity contribution < 1.29 is 42.6 Å². The summed E-state index contributed by atoms with van der Waals surface area (Å²) in [4.78, 5) is 0. The second-order valence-corrected chi connectivity index (χ2v) is 1.82. The molecule has 0 bridgehead atoms. The van der Waals surface area contributed by atoms with Crippen LogP contribution in [0.1, 0.15) is 0 Å². The minimum Gasteiger partial charge on any atom is -0.654 e. The molecule has 1 aliphatic heterocycles. The smallest absolute Gasteiger partial charge is 0.0326 e. The van der Waals surface area contributed by atoms with Gasteiger partial charge in [-0.1, -0.05) is 6.04 Å². The molecule has 0 amide bonds. The average Bonchev–Trinajstić information content (AvgIpc) is 1.90. The molecule has 3 nitrogen and oxygen atoms in total. The van der Waals surface area contributed by atoms with Gasteiger partial charge in [0.05, 0.1) is 0 Å². The number of hydrogen-bond donors (Lipinski definition) is 1. The maximum absolute atomic E-state index is 8.52. The number of aliphatic hydroxyl groups is 1. The number of aliphatic hydroxyl groups excluding tert-OH is 1. The van der Waals surface area contributed by atoms with Crippen molar-refractivity contribution in [2.24, 2.45) is 0 Å². The van der Waals surface area contributed by atoms with Crippen molar-refractivity contribution in [3.05, 3.63) is 5.32 Å². The normalized spacial score (nSPS) is 27.0. The largest absolute Gasteiger partial charge is 0.654 e. The van der Waals surface area contributed by atoms with Crippen molar-refractivity contribution in [2.75, 3.05) is 26.4 Å². The average molecular weight is 205 g/mol. The molecule has 1 saturated heterocycles. The van der Waals surface area contributed by atoms with E-state index < -0.39 is 0 Å². The minimum atomic E-state index is 0. The summed E-state index contributed by atoms with van der Waals surface area (Å²) in [5, 5.41) is 12.6. The van der Waals surface area contributed by atoms with Crippen LogP contribution in [0.4, 0.5) is 0 Å². The van der Waals surface area contributed by atoms with Gasteiger partial charge in [0, 0.05) is 52.5 Å². The maximum Gasteiger partial charge on any atom is 0.0326 e. The van der Waals surface area contributed by atoms with E-state index in [1.807, 2.05) is 0 Å². The number of morpholine rings is 1. The first-order chi connectivity index (χ1) is 3.93. The summed E-state index contributed by atoms with van der Waals surface area (Å²) in [5.74, 6) is 0. The Balaban J connectivity index is 0.000000640. The molecule has 51 valence electrons. The summed E-state index contributed by atoms with van der Waals surface area (Å²) < 4.78 is 5.02. The second-order valence-electron chi connectivity index (χ2n) is 1.82. The Morgan fingerprint density at radius 1 is 1.67 bits per heavy atom. The standard InChI is InChI=1S/C5H10NO2.Y/c7-3-5-4-8-2-1-6-5;/h5,7H,1-4H2;/q-1;/t5-;/m1./s1. The predicted octanol–water partition coefficient (Wildman–Crippen LogP) is -0.251. The van der Waals surface area contributed by atoms with E-state index in [4.69, 9.17) is 9.84 Å². The van der Waals surface area contributed by atoms with E-state index in [-0.39, 0.29) is 45.4 Å². The van der Waals surface area contributed by atoms with Crippen LogP contribution in [0.5, 0.6) is 0 Å². The molecule has 1 radical (unpaired) electrons. The quantitative estimate of drug-likeness (QED) is 0.641. The molecule has 1 heterocycles. The van der Waals surface area contributed by atoms with Gasteiger partial charge in [-0.25, -0.2) is 0 Å². The van der Waals surface area contributed by atoms with Crippen LogP contribution in [0.25, 0.3) is 5.32 Å². The van der Waals surface area contributed by atoms with Crippen LogP contribution in [0.15, 0.2) is 0 Å². The molecular weight excluding hydrogens is 195 g/mol. The third-order valence-electron chi connectivity index (χ3n) is 1.14. The van der Waals surface area contributed by atoms with Gasteiger partial charge in [0.25, 0.3) is 0 Å². The van der Waals surface area contributed by atoms with E-state index in [1.165, 1.54) is 0 Å². The number of ether oxygens (including phenoxy) is 1. The Morgan fingerprint density at radius 2 is 2.44 bits per heavy atom. The summed E-state index contributed by atoms with van der Waals surface area (Å²) in [6.45, 7) is 2.18. The summed E-state index contributed by atoms with van der Waals surface area (Å²) in [6, 6.07) is 0.0451. The third-order valence-corrected chi connectivity index (χ3v) is 1.14. The summed E-state index contributed by atoms with van der Waals surface area (Å²) in [7, 11) is 0. The third kappa shape index (κ3) is 3.63. The molecule has 0 aliphatic carbocycles. The Labute approximate surface area is 80.0 Å². The molecule has 1 fully saturated rings. The molecule has 0 saturated carbocycles. The zero-order valence-corrected chi connectivity index (χ0v) is 8.12. The minimum absolute atomic E-state index is 0. The number of hydrogen-bond acceptors (Lipinski definition) is 2. The first kappa shape index (κ1) is 9.98. The van der Waals surface area contributed by atoms with E-state index >= 15 is 0 Å². The molecule has 9 heavy (non-hydrogen) atoms. The number of nitrogens with zero attached hydrogens (tertiary/aromatic N) is 1. The molecule has 0 spiro atoms. The van der Waals surface area contributed by atoms with Crippen LogP contribution in [-0.2, 0) is 37.4 Å². The Bertz CT molecular complexity index is 66.0. The van der Waals surface area contributed by atoms with Crippen LogP contribution >= 0.6 is 0 Å². The first-order valence-electron chi connectivity index (χ1n) is 2.78. The molecule has 1 atom stereocenters. The van der Waals surface area contributed by atoms with E-state index in [0.717, 1.165) is 13.2 Å².